The predicted molar refractivity (Wildman–Crippen MR) is 62.2 cm³/mol. The lowest BCUT2D eigenvalue weighted by Crippen LogP contribution is -2.53. The van der Waals surface area contributed by atoms with Gasteiger partial charge >= 0.3 is 0 Å². The number of morpholine rings is 1. The maximum atomic E-state index is 12.4. The van der Waals surface area contributed by atoms with E-state index in [4.69, 9.17) is 4.74 Å². The summed E-state index contributed by atoms with van der Waals surface area (Å²) in [7, 11) is 0. The molecule has 0 aromatic rings. The minimum Gasteiger partial charge on any atom is -0.372 e. The van der Waals surface area contributed by atoms with Gasteiger partial charge in [0.1, 0.15) is 0 Å². The van der Waals surface area contributed by atoms with Crippen molar-refractivity contribution in [3.8, 4) is 0 Å². The van der Waals surface area contributed by atoms with E-state index in [0.717, 1.165) is 32.6 Å². The van der Waals surface area contributed by atoms with Gasteiger partial charge in [-0.05, 0) is 33.7 Å². The fraction of sp³-hybridized carbons (Fsp3) is 0.917. The quantitative estimate of drug-likeness (QED) is 0.713. The molecule has 2 saturated heterocycles. The van der Waals surface area contributed by atoms with Crippen molar-refractivity contribution < 1.29 is 9.53 Å². The second-order valence-corrected chi connectivity index (χ2v) is 5.45. The Labute approximate surface area is 97.3 Å². The van der Waals surface area contributed by atoms with Crippen LogP contribution in [0.3, 0.4) is 0 Å². The Morgan fingerprint density at radius 1 is 1.38 bits per heavy atom. The van der Waals surface area contributed by atoms with Crippen molar-refractivity contribution in [2.45, 2.75) is 39.4 Å². The second kappa shape index (κ2) is 4.34. The highest BCUT2D eigenvalue weighted by Gasteiger charge is 2.40. The first-order valence-electron chi connectivity index (χ1n) is 6.17. The molecule has 2 rings (SSSR count). The lowest BCUT2D eigenvalue weighted by molar-refractivity contribution is -0.152. The first kappa shape index (κ1) is 11.9. The van der Waals surface area contributed by atoms with Crippen LogP contribution in [0.25, 0.3) is 0 Å². The maximum Gasteiger partial charge on any atom is 0.230 e. The molecular formula is C12H22N2O2. The molecule has 0 bridgehead atoms. The topological polar surface area (TPSA) is 41.6 Å². The van der Waals surface area contributed by atoms with Crippen LogP contribution >= 0.6 is 0 Å². The third kappa shape index (κ3) is 2.23. The lowest BCUT2D eigenvalue weighted by Gasteiger charge is -2.39. The van der Waals surface area contributed by atoms with Gasteiger partial charge in [-0.25, -0.2) is 0 Å². The minimum absolute atomic E-state index is 0.158. The van der Waals surface area contributed by atoms with Crippen molar-refractivity contribution in [3.05, 3.63) is 0 Å². The van der Waals surface area contributed by atoms with Crippen LogP contribution in [-0.4, -0.2) is 49.2 Å². The summed E-state index contributed by atoms with van der Waals surface area (Å²) in [6.07, 6.45) is 1.27. The summed E-state index contributed by atoms with van der Waals surface area (Å²) in [6.45, 7) is 9.37. The van der Waals surface area contributed by atoms with Gasteiger partial charge in [0.25, 0.3) is 0 Å². The van der Waals surface area contributed by atoms with E-state index in [0.29, 0.717) is 5.91 Å². The molecule has 0 spiro atoms. The van der Waals surface area contributed by atoms with Gasteiger partial charge in [0.05, 0.1) is 17.6 Å². The molecule has 1 unspecified atom stereocenters. The van der Waals surface area contributed by atoms with Gasteiger partial charge < -0.3 is 15.0 Å². The highest BCUT2D eigenvalue weighted by atomic mass is 16.5. The van der Waals surface area contributed by atoms with Gasteiger partial charge in [-0.3, -0.25) is 4.79 Å². The van der Waals surface area contributed by atoms with Crippen LogP contribution in [-0.2, 0) is 9.53 Å². The minimum atomic E-state index is -0.198. The van der Waals surface area contributed by atoms with Crippen LogP contribution in [0.5, 0.6) is 0 Å². The molecule has 16 heavy (non-hydrogen) atoms. The Hall–Kier alpha value is -0.610. The summed E-state index contributed by atoms with van der Waals surface area (Å²) in [5.41, 5.74) is -0.198. The number of rotatable bonds is 1. The van der Waals surface area contributed by atoms with E-state index in [1.807, 2.05) is 18.7 Å². The smallest absolute Gasteiger partial charge is 0.230 e. The van der Waals surface area contributed by atoms with Crippen molar-refractivity contribution in [1.29, 1.82) is 0 Å². The molecule has 2 heterocycles. The fourth-order valence-corrected chi connectivity index (χ4v) is 2.72. The number of hydrogen-bond donors (Lipinski definition) is 1. The number of carbonyl (C=O) groups is 1. The number of nitrogens with one attached hydrogen (secondary N) is 1. The number of amides is 1. The molecule has 0 radical (unpaired) electrons. The third-order valence-electron chi connectivity index (χ3n) is 3.59. The van der Waals surface area contributed by atoms with Gasteiger partial charge in [0.15, 0.2) is 0 Å². The monoisotopic (exact) mass is 226 g/mol. The Bertz CT molecular complexity index is 264. The van der Waals surface area contributed by atoms with Gasteiger partial charge in [-0.1, -0.05) is 0 Å². The van der Waals surface area contributed by atoms with Crippen LogP contribution in [0.2, 0.25) is 0 Å². The highest BCUT2D eigenvalue weighted by molar-refractivity contribution is 5.83. The number of carbonyl (C=O) groups excluding carboxylic acids is 1. The molecule has 4 nitrogen and oxygen atoms in total. The van der Waals surface area contributed by atoms with E-state index in [9.17, 15) is 4.79 Å². The summed E-state index contributed by atoms with van der Waals surface area (Å²) in [5.74, 6) is 0.291. The normalized spacial score (nSPS) is 40.1. The zero-order valence-electron chi connectivity index (χ0n) is 10.5. The van der Waals surface area contributed by atoms with Crippen molar-refractivity contribution in [2.24, 2.45) is 5.41 Å². The number of hydrogen-bond acceptors (Lipinski definition) is 3. The average Bonchev–Trinajstić information content (AvgIpc) is 2.64. The molecule has 1 N–H and O–H groups in total. The van der Waals surface area contributed by atoms with Crippen LogP contribution in [0.15, 0.2) is 0 Å². The van der Waals surface area contributed by atoms with E-state index >= 15 is 0 Å². The third-order valence-corrected chi connectivity index (χ3v) is 3.59. The Balaban J connectivity index is 2.03. The first-order chi connectivity index (χ1) is 7.51. The predicted octanol–water partition coefficient (Wildman–Crippen LogP) is 0.622. The van der Waals surface area contributed by atoms with E-state index < -0.39 is 0 Å². The first-order valence-corrected chi connectivity index (χ1v) is 6.17. The van der Waals surface area contributed by atoms with E-state index in [-0.39, 0.29) is 17.6 Å². The van der Waals surface area contributed by atoms with E-state index in [1.165, 1.54) is 0 Å². The molecule has 92 valence electrons. The largest absolute Gasteiger partial charge is 0.372 e. The van der Waals surface area contributed by atoms with Crippen LogP contribution < -0.4 is 5.32 Å². The lowest BCUT2D eigenvalue weighted by atomic mass is 9.87. The summed E-state index contributed by atoms with van der Waals surface area (Å²) in [5, 5.41) is 3.28. The SMILES string of the molecule is C[C@@H]1CN(C(=O)C2(C)CCNC2)C[C@H](C)O1. The Morgan fingerprint density at radius 2 is 2.00 bits per heavy atom. The molecule has 0 saturated carbocycles. The molecular weight excluding hydrogens is 204 g/mol. The van der Waals surface area contributed by atoms with Gasteiger partial charge in [0.2, 0.25) is 5.91 Å². The molecule has 0 aliphatic carbocycles. The number of nitrogens with zero attached hydrogens (tertiary/aromatic N) is 1. The summed E-state index contributed by atoms with van der Waals surface area (Å²) in [6, 6.07) is 0. The summed E-state index contributed by atoms with van der Waals surface area (Å²) < 4.78 is 5.65. The zero-order chi connectivity index (χ0) is 11.8. The summed E-state index contributed by atoms with van der Waals surface area (Å²) in [4.78, 5) is 14.4. The van der Waals surface area contributed by atoms with Crippen molar-refractivity contribution >= 4 is 5.91 Å². The van der Waals surface area contributed by atoms with Crippen molar-refractivity contribution in [3.63, 3.8) is 0 Å². The summed E-state index contributed by atoms with van der Waals surface area (Å²) >= 11 is 0. The van der Waals surface area contributed by atoms with Crippen molar-refractivity contribution in [2.75, 3.05) is 26.2 Å². The second-order valence-electron chi connectivity index (χ2n) is 5.45. The van der Waals surface area contributed by atoms with Crippen LogP contribution in [0.4, 0.5) is 0 Å². The van der Waals surface area contributed by atoms with Crippen LogP contribution in [0.1, 0.15) is 27.2 Å². The van der Waals surface area contributed by atoms with Crippen LogP contribution in [0, 0.1) is 5.41 Å². The van der Waals surface area contributed by atoms with Gasteiger partial charge in [-0.2, -0.15) is 0 Å². The number of ether oxygens (including phenoxy) is 1. The van der Waals surface area contributed by atoms with Crippen molar-refractivity contribution in [1.82, 2.24) is 10.2 Å². The molecule has 4 heteroatoms. The fourth-order valence-electron chi connectivity index (χ4n) is 2.72. The van der Waals surface area contributed by atoms with E-state index in [1.54, 1.807) is 0 Å². The average molecular weight is 226 g/mol. The molecule has 0 aromatic heterocycles. The molecule has 2 fully saturated rings. The maximum absolute atomic E-state index is 12.4. The highest BCUT2D eigenvalue weighted by Crippen LogP contribution is 2.28. The standard InChI is InChI=1S/C12H22N2O2/c1-9-6-14(7-10(2)16-9)11(15)12(3)4-5-13-8-12/h9-10,13H,4-8H2,1-3H3/t9-,10+,12?. The molecule has 1 amide bonds. The molecule has 0 aromatic carbocycles. The zero-order valence-corrected chi connectivity index (χ0v) is 10.5. The molecule has 2 aliphatic heterocycles. The van der Waals surface area contributed by atoms with Gasteiger partial charge in [0, 0.05) is 19.6 Å². The molecule has 2 aliphatic rings. The van der Waals surface area contributed by atoms with Gasteiger partial charge in [-0.15, -0.1) is 0 Å². The Morgan fingerprint density at radius 3 is 2.50 bits per heavy atom. The Kier molecular flexibility index (Phi) is 3.22. The van der Waals surface area contributed by atoms with E-state index in [2.05, 4.69) is 12.2 Å². The molecule has 3 atom stereocenters.